The Morgan fingerprint density at radius 1 is 1.00 bits per heavy atom. The number of anilines is 1. The van der Waals surface area contributed by atoms with E-state index in [1.54, 1.807) is 0 Å². The van der Waals surface area contributed by atoms with Crippen LogP contribution in [0.25, 0.3) is 0 Å². The third kappa shape index (κ3) is 6.08. The van der Waals surface area contributed by atoms with Gasteiger partial charge < -0.3 is 16.0 Å². The van der Waals surface area contributed by atoms with Crippen LogP contribution >= 0.6 is 24.0 Å². The molecule has 0 atom stereocenters. The van der Waals surface area contributed by atoms with Gasteiger partial charge in [0.25, 0.3) is 0 Å². The zero-order chi connectivity index (χ0) is 16.6. The van der Waals surface area contributed by atoms with E-state index in [1.807, 2.05) is 6.07 Å². The van der Waals surface area contributed by atoms with Gasteiger partial charge in [-0.1, -0.05) is 54.6 Å². The number of halogens is 1. The second-order valence-electron chi connectivity index (χ2n) is 5.91. The van der Waals surface area contributed by atoms with Gasteiger partial charge in [0.05, 0.1) is 6.54 Å². The first-order chi connectivity index (χ1) is 11.8. The Balaban J connectivity index is 0.00000225. The van der Waals surface area contributed by atoms with E-state index in [1.165, 1.54) is 16.8 Å². The molecule has 4 nitrogen and oxygen atoms in total. The molecule has 0 aromatic heterocycles. The third-order valence-corrected chi connectivity index (χ3v) is 4.09. The number of rotatable bonds is 6. The second kappa shape index (κ2) is 10.1. The van der Waals surface area contributed by atoms with Gasteiger partial charge in [-0.15, -0.1) is 24.0 Å². The van der Waals surface area contributed by atoms with E-state index in [-0.39, 0.29) is 24.0 Å². The van der Waals surface area contributed by atoms with Crippen molar-refractivity contribution in [1.29, 1.82) is 0 Å². The normalized spacial score (nSPS) is 13.6. The lowest BCUT2D eigenvalue weighted by atomic mass is 10.1. The SMILES string of the molecule is I.NC(=NCc1cccc(N2CC=CC2)c1)NCCc1ccccc1. The lowest BCUT2D eigenvalue weighted by Gasteiger charge is -2.18. The lowest BCUT2D eigenvalue weighted by Crippen LogP contribution is -2.33. The highest BCUT2D eigenvalue weighted by atomic mass is 127. The first-order valence-electron chi connectivity index (χ1n) is 8.38. The van der Waals surface area contributed by atoms with Crippen molar-refractivity contribution >= 4 is 35.6 Å². The smallest absolute Gasteiger partial charge is 0.188 e. The van der Waals surface area contributed by atoms with Gasteiger partial charge in [0, 0.05) is 25.3 Å². The topological polar surface area (TPSA) is 53.6 Å². The molecule has 0 spiro atoms. The van der Waals surface area contributed by atoms with E-state index in [0.717, 1.165) is 26.1 Å². The van der Waals surface area contributed by atoms with E-state index in [4.69, 9.17) is 5.73 Å². The number of nitrogens with two attached hydrogens (primary N) is 1. The molecule has 3 rings (SSSR count). The first-order valence-corrected chi connectivity index (χ1v) is 8.38. The Morgan fingerprint density at radius 3 is 2.48 bits per heavy atom. The molecule has 0 bridgehead atoms. The van der Waals surface area contributed by atoms with Gasteiger partial charge in [0.2, 0.25) is 0 Å². The zero-order valence-corrected chi connectivity index (χ0v) is 16.6. The summed E-state index contributed by atoms with van der Waals surface area (Å²) >= 11 is 0. The number of guanidine groups is 1. The molecule has 2 aromatic rings. The van der Waals surface area contributed by atoms with Gasteiger partial charge in [0.15, 0.2) is 5.96 Å². The Bertz CT molecular complexity index is 705. The Morgan fingerprint density at radius 2 is 1.72 bits per heavy atom. The summed E-state index contributed by atoms with van der Waals surface area (Å²) in [6.45, 7) is 3.35. The molecule has 25 heavy (non-hydrogen) atoms. The zero-order valence-electron chi connectivity index (χ0n) is 14.3. The molecular weight excluding hydrogens is 423 g/mol. The number of hydrogen-bond donors (Lipinski definition) is 2. The summed E-state index contributed by atoms with van der Waals surface area (Å²) in [5, 5.41) is 3.18. The van der Waals surface area contributed by atoms with Crippen molar-refractivity contribution in [1.82, 2.24) is 5.32 Å². The minimum absolute atomic E-state index is 0. The molecule has 1 aliphatic heterocycles. The predicted octanol–water partition coefficient (Wildman–Crippen LogP) is 3.33. The fourth-order valence-electron chi connectivity index (χ4n) is 2.75. The number of nitrogens with one attached hydrogen (secondary N) is 1. The monoisotopic (exact) mass is 448 g/mol. The Labute approximate surface area is 166 Å². The minimum Gasteiger partial charge on any atom is -0.370 e. The van der Waals surface area contributed by atoms with Crippen LogP contribution in [0.15, 0.2) is 71.7 Å². The first kappa shape index (κ1) is 19.3. The number of aliphatic imine (C=N–C) groups is 1. The minimum atomic E-state index is 0. The number of nitrogens with zero attached hydrogens (tertiary/aromatic N) is 2. The van der Waals surface area contributed by atoms with E-state index in [2.05, 4.69) is 75.9 Å². The van der Waals surface area contributed by atoms with E-state index in [9.17, 15) is 0 Å². The van der Waals surface area contributed by atoms with Crippen LogP contribution in [-0.2, 0) is 13.0 Å². The van der Waals surface area contributed by atoms with Gasteiger partial charge >= 0.3 is 0 Å². The summed E-state index contributed by atoms with van der Waals surface area (Å²) in [5.41, 5.74) is 9.67. The van der Waals surface area contributed by atoms with Crippen molar-refractivity contribution in [2.75, 3.05) is 24.5 Å². The van der Waals surface area contributed by atoms with Crippen LogP contribution < -0.4 is 16.0 Å². The maximum Gasteiger partial charge on any atom is 0.188 e. The molecule has 0 fully saturated rings. The fourth-order valence-corrected chi connectivity index (χ4v) is 2.75. The molecule has 1 heterocycles. The highest BCUT2D eigenvalue weighted by molar-refractivity contribution is 14.0. The summed E-state index contributed by atoms with van der Waals surface area (Å²) in [5.74, 6) is 0.499. The fraction of sp³-hybridized carbons (Fsp3) is 0.250. The van der Waals surface area contributed by atoms with Crippen LogP contribution in [0.3, 0.4) is 0 Å². The molecule has 0 saturated carbocycles. The van der Waals surface area contributed by atoms with Gasteiger partial charge in [-0.25, -0.2) is 4.99 Å². The maximum absolute atomic E-state index is 5.96. The molecular formula is C20H25IN4. The van der Waals surface area contributed by atoms with Crippen molar-refractivity contribution in [2.45, 2.75) is 13.0 Å². The van der Waals surface area contributed by atoms with E-state index in [0.29, 0.717) is 12.5 Å². The quantitative estimate of drug-likeness (QED) is 0.309. The summed E-state index contributed by atoms with van der Waals surface area (Å²) in [4.78, 5) is 6.77. The van der Waals surface area contributed by atoms with Crippen LogP contribution in [0.2, 0.25) is 0 Å². The molecule has 3 N–H and O–H groups in total. The van der Waals surface area contributed by atoms with Crippen molar-refractivity contribution in [3.05, 3.63) is 77.9 Å². The molecule has 2 aromatic carbocycles. The average molecular weight is 448 g/mol. The van der Waals surface area contributed by atoms with Crippen molar-refractivity contribution < 1.29 is 0 Å². The molecule has 1 aliphatic rings. The van der Waals surface area contributed by atoms with Crippen LogP contribution in [0.5, 0.6) is 0 Å². The third-order valence-electron chi connectivity index (χ3n) is 4.09. The molecule has 5 heteroatoms. The second-order valence-corrected chi connectivity index (χ2v) is 5.91. The van der Waals surface area contributed by atoms with Crippen LogP contribution in [-0.4, -0.2) is 25.6 Å². The van der Waals surface area contributed by atoms with Crippen molar-refractivity contribution in [3.63, 3.8) is 0 Å². The van der Waals surface area contributed by atoms with Crippen LogP contribution in [0.4, 0.5) is 5.69 Å². The van der Waals surface area contributed by atoms with Gasteiger partial charge in [-0.2, -0.15) is 0 Å². The molecule has 0 saturated heterocycles. The van der Waals surface area contributed by atoms with Crippen LogP contribution in [0.1, 0.15) is 11.1 Å². The summed E-state index contributed by atoms with van der Waals surface area (Å²) in [6, 6.07) is 18.9. The summed E-state index contributed by atoms with van der Waals surface area (Å²) < 4.78 is 0. The van der Waals surface area contributed by atoms with Gasteiger partial charge in [0.1, 0.15) is 0 Å². The molecule has 0 radical (unpaired) electrons. The van der Waals surface area contributed by atoms with Gasteiger partial charge in [-0.3, -0.25) is 0 Å². The Kier molecular flexibility index (Phi) is 7.78. The summed E-state index contributed by atoms with van der Waals surface area (Å²) in [6.07, 6.45) is 5.33. The summed E-state index contributed by atoms with van der Waals surface area (Å²) in [7, 11) is 0. The molecule has 132 valence electrons. The van der Waals surface area contributed by atoms with Crippen LogP contribution in [0, 0.1) is 0 Å². The van der Waals surface area contributed by atoms with E-state index >= 15 is 0 Å². The maximum atomic E-state index is 5.96. The average Bonchev–Trinajstić information content (AvgIpc) is 3.16. The standard InChI is InChI=1S/C20H24N4.HI/c21-20(22-12-11-17-7-2-1-3-8-17)23-16-18-9-6-10-19(15-18)24-13-4-5-14-24;/h1-10,15H,11-14,16H2,(H3,21,22,23);1H. The van der Waals surface area contributed by atoms with Crippen molar-refractivity contribution in [3.8, 4) is 0 Å². The van der Waals surface area contributed by atoms with Crippen molar-refractivity contribution in [2.24, 2.45) is 10.7 Å². The lowest BCUT2D eigenvalue weighted by molar-refractivity contribution is 0.848. The predicted molar refractivity (Wildman–Crippen MR) is 117 cm³/mol. The Hall–Kier alpha value is -2.02. The largest absolute Gasteiger partial charge is 0.370 e. The molecule has 0 amide bonds. The number of hydrogen-bond acceptors (Lipinski definition) is 2. The van der Waals surface area contributed by atoms with Gasteiger partial charge in [-0.05, 0) is 29.7 Å². The number of benzene rings is 2. The highest BCUT2D eigenvalue weighted by Crippen LogP contribution is 2.18. The molecule has 0 aliphatic carbocycles. The molecule has 0 unspecified atom stereocenters. The van der Waals surface area contributed by atoms with E-state index < -0.39 is 0 Å². The highest BCUT2D eigenvalue weighted by Gasteiger charge is 2.07.